The maximum absolute atomic E-state index is 11.1. The highest BCUT2D eigenvalue weighted by molar-refractivity contribution is 5.60. The Hall–Kier alpha value is -1.89. The topological polar surface area (TPSA) is 88.5 Å². The van der Waals surface area contributed by atoms with E-state index >= 15 is 0 Å². The Bertz CT molecular complexity index is 463. The maximum atomic E-state index is 11.1. The van der Waals surface area contributed by atoms with E-state index in [1.165, 1.54) is 12.1 Å². The lowest BCUT2D eigenvalue weighted by atomic mass is 10.3. The number of pyridine rings is 1. The zero-order valence-electron chi connectivity index (χ0n) is 13.1. The summed E-state index contributed by atoms with van der Waals surface area (Å²) in [6.07, 6.45) is 0.934. The number of rotatable bonds is 9. The predicted molar refractivity (Wildman–Crippen MR) is 85.6 cm³/mol. The molecule has 21 heavy (non-hydrogen) atoms. The highest BCUT2D eigenvalue weighted by Gasteiger charge is 2.20. The highest BCUT2D eigenvalue weighted by Crippen LogP contribution is 2.26. The summed E-state index contributed by atoms with van der Waals surface area (Å²) < 4.78 is 0. The molecule has 0 atom stereocenters. The van der Waals surface area contributed by atoms with Crippen LogP contribution >= 0.6 is 0 Å². The average molecular weight is 295 g/mol. The van der Waals surface area contributed by atoms with Crippen molar-refractivity contribution in [3.63, 3.8) is 0 Å². The van der Waals surface area contributed by atoms with Crippen LogP contribution in [0.15, 0.2) is 12.1 Å². The Balaban J connectivity index is 2.80. The van der Waals surface area contributed by atoms with Gasteiger partial charge in [0.1, 0.15) is 5.82 Å². The zero-order chi connectivity index (χ0) is 15.8. The lowest BCUT2D eigenvalue weighted by Gasteiger charge is -2.24. The largest absolute Gasteiger partial charge is 0.384 e. The van der Waals surface area contributed by atoms with Gasteiger partial charge in [0, 0.05) is 19.2 Å². The molecule has 0 bridgehead atoms. The second-order valence-electron chi connectivity index (χ2n) is 4.80. The molecule has 0 amide bonds. The molecule has 0 spiro atoms. The van der Waals surface area contributed by atoms with Crippen molar-refractivity contribution in [2.24, 2.45) is 0 Å². The number of nitro groups is 1. The smallest absolute Gasteiger partial charge is 0.311 e. The first-order chi connectivity index (χ1) is 10.0. The fraction of sp³-hybridized carbons (Fsp3) is 0.643. The number of anilines is 2. The van der Waals surface area contributed by atoms with Crippen LogP contribution in [0.5, 0.6) is 0 Å². The second-order valence-corrected chi connectivity index (χ2v) is 4.80. The number of aromatic nitrogens is 1. The van der Waals surface area contributed by atoms with Gasteiger partial charge in [-0.15, -0.1) is 0 Å². The summed E-state index contributed by atoms with van der Waals surface area (Å²) >= 11 is 0. The number of nitrogens with two attached hydrogens (primary N) is 1. The summed E-state index contributed by atoms with van der Waals surface area (Å²) in [5, 5.41) is 11.1. The van der Waals surface area contributed by atoms with Gasteiger partial charge < -0.3 is 15.5 Å². The quantitative estimate of drug-likeness (QED) is 0.554. The Labute approximate surface area is 125 Å². The fourth-order valence-electron chi connectivity index (χ4n) is 2.27. The molecule has 7 nitrogen and oxygen atoms in total. The van der Waals surface area contributed by atoms with Gasteiger partial charge in [0.05, 0.1) is 4.92 Å². The van der Waals surface area contributed by atoms with Crippen LogP contribution < -0.4 is 10.6 Å². The Kier molecular flexibility index (Phi) is 6.87. The third kappa shape index (κ3) is 4.86. The van der Waals surface area contributed by atoms with Crippen molar-refractivity contribution in [2.45, 2.75) is 27.2 Å². The summed E-state index contributed by atoms with van der Waals surface area (Å²) in [6, 6.07) is 2.89. The second kappa shape index (κ2) is 8.41. The molecule has 0 aliphatic heterocycles. The highest BCUT2D eigenvalue weighted by atomic mass is 16.6. The molecule has 0 radical (unpaired) electrons. The normalized spacial score (nSPS) is 10.9. The lowest BCUT2D eigenvalue weighted by molar-refractivity contribution is -0.384. The summed E-state index contributed by atoms with van der Waals surface area (Å²) in [5.74, 6) is 0.667. The van der Waals surface area contributed by atoms with Crippen LogP contribution in [0.1, 0.15) is 27.2 Å². The van der Waals surface area contributed by atoms with Crippen molar-refractivity contribution in [1.82, 2.24) is 9.88 Å². The molecule has 1 rings (SSSR count). The van der Waals surface area contributed by atoms with E-state index in [0.29, 0.717) is 18.2 Å². The van der Waals surface area contributed by atoms with Gasteiger partial charge >= 0.3 is 5.69 Å². The van der Waals surface area contributed by atoms with E-state index in [-0.39, 0.29) is 5.69 Å². The molecule has 2 N–H and O–H groups in total. The molecule has 118 valence electrons. The standard InChI is InChI=1S/C14H25N5O2/c1-4-17(5-2)10-7-11-18(6-3)14-12(19(20)21)8-9-13(15)16-14/h8-9H,4-7,10-11H2,1-3H3,(H2,15,16). The van der Waals surface area contributed by atoms with Gasteiger partial charge in [-0.3, -0.25) is 10.1 Å². The van der Waals surface area contributed by atoms with Crippen LogP contribution in [0.25, 0.3) is 0 Å². The third-order valence-corrected chi connectivity index (χ3v) is 3.55. The van der Waals surface area contributed by atoms with Crippen molar-refractivity contribution < 1.29 is 4.92 Å². The van der Waals surface area contributed by atoms with Crippen molar-refractivity contribution in [3.8, 4) is 0 Å². The molecule has 0 saturated carbocycles. The minimum absolute atomic E-state index is 0.00823. The molecule has 0 saturated heterocycles. The molecule has 0 aromatic carbocycles. The Morgan fingerprint density at radius 2 is 1.86 bits per heavy atom. The van der Waals surface area contributed by atoms with Crippen molar-refractivity contribution >= 4 is 17.3 Å². The molecule has 7 heteroatoms. The van der Waals surface area contributed by atoms with E-state index in [4.69, 9.17) is 5.73 Å². The summed E-state index contributed by atoms with van der Waals surface area (Å²) in [4.78, 5) is 19.1. The summed E-state index contributed by atoms with van der Waals surface area (Å²) in [7, 11) is 0. The first kappa shape index (κ1) is 17.2. The first-order valence-corrected chi connectivity index (χ1v) is 7.41. The van der Waals surface area contributed by atoms with E-state index in [2.05, 4.69) is 23.7 Å². The minimum Gasteiger partial charge on any atom is -0.384 e. The van der Waals surface area contributed by atoms with E-state index in [1.807, 2.05) is 11.8 Å². The van der Waals surface area contributed by atoms with Gasteiger partial charge in [0.25, 0.3) is 0 Å². The number of nitrogens with zero attached hydrogens (tertiary/aromatic N) is 4. The predicted octanol–water partition coefficient (Wildman–Crippen LogP) is 2.13. The molecule has 0 unspecified atom stereocenters. The number of hydrogen-bond acceptors (Lipinski definition) is 6. The molecule has 1 heterocycles. The van der Waals surface area contributed by atoms with Gasteiger partial charge in [-0.05, 0) is 39.0 Å². The summed E-state index contributed by atoms with van der Waals surface area (Å²) in [6.45, 7) is 10.6. The van der Waals surface area contributed by atoms with Gasteiger partial charge in [-0.2, -0.15) is 0 Å². The Morgan fingerprint density at radius 3 is 2.38 bits per heavy atom. The molecule has 0 aliphatic carbocycles. The van der Waals surface area contributed by atoms with Crippen LogP contribution in [-0.4, -0.2) is 47.5 Å². The van der Waals surface area contributed by atoms with Crippen LogP contribution in [0.3, 0.4) is 0 Å². The van der Waals surface area contributed by atoms with E-state index in [0.717, 1.165) is 32.6 Å². The van der Waals surface area contributed by atoms with Crippen LogP contribution in [-0.2, 0) is 0 Å². The SMILES string of the molecule is CCN(CC)CCCN(CC)c1nc(N)ccc1[N+](=O)[O-]. The Morgan fingerprint density at radius 1 is 1.19 bits per heavy atom. The van der Waals surface area contributed by atoms with E-state index < -0.39 is 4.92 Å². The van der Waals surface area contributed by atoms with Crippen molar-refractivity contribution in [3.05, 3.63) is 22.2 Å². The number of hydrogen-bond donors (Lipinski definition) is 1. The van der Waals surface area contributed by atoms with Gasteiger partial charge in [-0.1, -0.05) is 13.8 Å². The van der Waals surface area contributed by atoms with Crippen LogP contribution in [0.4, 0.5) is 17.3 Å². The molecule has 1 aromatic rings. The molecule has 1 aromatic heterocycles. The summed E-state index contributed by atoms with van der Waals surface area (Å²) in [5.41, 5.74) is 5.68. The molecular formula is C14H25N5O2. The molecule has 0 fully saturated rings. The van der Waals surface area contributed by atoms with Gasteiger partial charge in [0.15, 0.2) is 0 Å². The number of nitrogen functional groups attached to an aromatic ring is 1. The van der Waals surface area contributed by atoms with Crippen molar-refractivity contribution in [2.75, 3.05) is 43.4 Å². The maximum Gasteiger partial charge on any atom is 0.311 e. The van der Waals surface area contributed by atoms with Crippen LogP contribution in [0, 0.1) is 10.1 Å². The van der Waals surface area contributed by atoms with E-state index in [9.17, 15) is 10.1 Å². The van der Waals surface area contributed by atoms with Gasteiger partial charge in [0.2, 0.25) is 5.82 Å². The first-order valence-electron chi connectivity index (χ1n) is 7.41. The lowest BCUT2D eigenvalue weighted by Crippen LogP contribution is -2.30. The minimum atomic E-state index is -0.408. The monoisotopic (exact) mass is 295 g/mol. The zero-order valence-corrected chi connectivity index (χ0v) is 13.1. The van der Waals surface area contributed by atoms with E-state index in [1.54, 1.807) is 0 Å². The average Bonchev–Trinajstić information content (AvgIpc) is 2.47. The fourth-order valence-corrected chi connectivity index (χ4v) is 2.27. The van der Waals surface area contributed by atoms with Crippen molar-refractivity contribution in [1.29, 1.82) is 0 Å². The molecular weight excluding hydrogens is 270 g/mol. The van der Waals surface area contributed by atoms with Gasteiger partial charge in [-0.25, -0.2) is 4.98 Å². The van der Waals surface area contributed by atoms with Crippen LogP contribution in [0.2, 0.25) is 0 Å². The molecule has 0 aliphatic rings. The third-order valence-electron chi connectivity index (χ3n) is 3.55.